The van der Waals surface area contributed by atoms with Crippen molar-refractivity contribution < 1.29 is 38.4 Å². The fourth-order valence-electron chi connectivity index (χ4n) is 9.44. The number of amides is 8. The van der Waals surface area contributed by atoms with E-state index in [1.807, 2.05) is 18.2 Å². The maximum absolute atomic E-state index is 14.7. The summed E-state index contributed by atoms with van der Waals surface area (Å²) in [5, 5.41) is 17.0. The number of hydrogen-bond donors (Lipinski definition) is 9. The van der Waals surface area contributed by atoms with Gasteiger partial charge < -0.3 is 58.9 Å². The quantitative estimate of drug-likeness (QED) is 0.0580. The van der Waals surface area contributed by atoms with E-state index in [4.69, 9.17) is 17.2 Å². The Labute approximate surface area is 420 Å². The molecule has 0 unspecified atom stereocenters. The number of hydrogen-bond acceptors (Lipinski definition) is 10. The first-order chi connectivity index (χ1) is 34.7. The van der Waals surface area contributed by atoms with Crippen LogP contribution in [0.4, 0.5) is 0 Å². The van der Waals surface area contributed by atoms with Crippen molar-refractivity contribution in [3.8, 4) is 0 Å². The Hall–Kier alpha value is -7.35. The highest BCUT2D eigenvalue weighted by Gasteiger charge is 2.44. The van der Waals surface area contributed by atoms with Gasteiger partial charge in [-0.3, -0.25) is 43.3 Å². The lowest BCUT2D eigenvalue weighted by Gasteiger charge is -2.34. The van der Waals surface area contributed by atoms with Crippen LogP contribution < -0.4 is 49.1 Å². The van der Waals surface area contributed by atoms with Gasteiger partial charge >= 0.3 is 0 Å². The van der Waals surface area contributed by atoms with Crippen molar-refractivity contribution in [1.82, 2.24) is 41.7 Å². The Morgan fingerprint density at radius 1 is 0.500 bits per heavy atom. The summed E-state index contributed by atoms with van der Waals surface area (Å²) < 4.78 is 0. The lowest BCUT2D eigenvalue weighted by atomic mass is 10.0. The molecule has 3 aliphatic heterocycles. The summed E-state index contributed by atoms with van der Waals surface area (Å²) in [5.41, 5.74) is 19.1. The summed E-state index contributed by atoms with van der Waals surface area (Å²) >= 11 is 0. The average Bonchev–Trinajstić information content (AvgIpc) is 4.08. The molecule has 3 aromatic rings. The van der Waals surface area contributed by atoms with Gasteiger partial charge in [0.15, 0.2) is 5.96 Å². The van der Waals surface area contributed by atoms with Crippen molar-refractivity contribution in [3.05, 3.63) is 108 Å². The number of rotatable bonds is 14. The van der Waals surface area contributed by atoms with E-state index in [9.17, 15) is 38.4 Å². The van der Waals surface area contributed by atoms with E-state index in [1.165, 1.54) is 16.7 Å². The smallest absolute Gasteiger partial charge is 0.246 e. The zero-order valence-corrected chi connectivity index (χ0v) is 40.9. The summed E-state index contributed by atoms with van der Waals surface area (Å²) in [6.07, 6.45) is 3.01. The first-order valence-electron chi connectivity index (χ1n) is 25.0. The second kappa shape index (κ2) is 26.7. The standard InChI is InChI=1S/C52H70N12O8/c1-33-44(65)62-41(32-36-20-9-4-10-21-36)50(71)64-29-15-25-43(64)51(72)63-28-14-24-42(63)49(70)59-38(23-13-27-56-52(54)55)46(67)60-40(31-35-18-7-3-8-19-35)48(69)61-39(30-34-16-5-2-6-17-34)47(68)58-37(45(66)57-33)22-11-12-26-53/h2-10,16-21,33,37-43H,11-15,22-32,53H2,1H3,(H,57,66)(H,58,68)(H,59,70)(H,60,67)(H,61,69)(H,62,65)(H4,54,55,56)/t33-,37-,38-,39-,40-,41-,42-,43+/m0/s1. The number of carbonyl (C=O) groups excluding carboxylic acids is 8. The Balaban J connectivity index is 1.39. The van der Waals surface area contributed by atoms with Gasteiger partial charge in [-0.1, -0.05) is 91.0 Å². The van der Waals surface area contributed by atoms with Crippen molar-refractivity contribution in [1.29, 1.82) is 0 Å². The van der Waals surface area contributed by atoms with Crippen LogP contribution in [0.5, 0.6) is 0 Å². The molecule has 6 rings (SSSR count). The molecule has 72 heavy (non-hydrogen) atoms. The van der Waals surface area contributed by atoms with Crippen molar-refractivity contribution in [2.75, 3.05) is 26.2 Å². The number of benzene rings is 3. The van der Waals surface area contributed by atoms with Gasteiger partial charge in [-0.15, -0.1) is 0 Å². The second-order valence-electron chi connectivity index (χ2n) is 18.7. The first kappa shape index (κ1) is 54.0. The molecule has 0 saturated carbocycles. The van der Waals surface area contributed by atoms with E-state index in [0.717, 1.165) is 5.56 Å². The van der Waals surface area contributed by atoms with Gasteiger partial charge in [-0.2, -0.15) is 0 Å². The molecule has 3 fully saturated rings. The fourth-order valence-corrected chi connectivity index (χ4v) is 9.44. The minimum atomic E-state index is -1.28. The SMILES string of the molecule is C[C@@H]1NC(=O)[C@H](CCCCN)NC(=O)[C@H](Cc2ccccc2)NC(=O)[C@H](Cc2ccccc2)NC(=O)[C@H](CCCN=C(N)N)NC(=O)[C@@H]2CCCN2C(=O)[C@H]2CCCN2C(=O)[C@H](Cc2ccccc2)NC1=O. The zero-order chi connectivity index (χ0) is 51.6. The lowest BCUT2D eigenvalue weighted by molar-refractivity contribution is -0.148. The third kappa shape index (κ3) is 15.3. The van der Waals surface area contributed by atoms with Gasteiger partial charge in [-0.05, 0) is 87.9 Å². The average molecular weight is 991 g/mol. The Bertz CT molecular complexity index is 2370. The summed E-state index contributed by atoms with van der Waals surface area (Å²) in [4.78, 5) is 123. The number of unbranched alkanes of at least 4 members (excludes halogenated alkanes) is 1. The predicted molar refractivity (Wildman–Crippen MR) is 270 cm³/mol. The highest BCUT2D eigenvalue weighted by atomic mass is 16.2. The van der Waals surface area contributed by atoms with Crippen molar-refractivity contribution in [2.45, 2.75) is 132 Å². The Morgan fingerprint density at radius 3 is 1.43 bits per heavy atom. The molecule has 0 aliphatic carbocycles. The summed E-state index contributed by atoms with van der Waals surface area (Å²) in [5.74, 6) is -5.16. The third-order valence-electron chi connectivity index (χ3n) is 13.3. The molecule has 0 spiro atoms. The Kier molecular flexibility index (Phi) is 20.1. The van der Waals surface area contributed by atoms with Crippen LogP contribution in [0.25, 0.3) is 0 Å². The third-order valence-corrected chi connectivity index (χ3v) is 13.3. The lowest BCUT2D eigenvalue weighted by Crippen LogP contribution is -2.61. The van der Waals surface area contributed by atoms with E-state index in [2.05, 4.69) is 36.9 Å². The molecule has 20 heteroatoms. The van der Waals surface area contributed by atoms with Gasteiger partial charge in [0.2, 0.25) is 47.3 Å². The normalized spacial score (nSPS) is 25.1. The van der Waals surface area contributed by atoms with Gasteiger partial charge in [-0.25, -0.2) is 0 Å². The van der Waals surface area contributed by atoms with E-state index in [1.54, 1.807) is 72.8 Å². The zero-order valence-electron chi connectivity index (χ0n) is 40.9. The first-order valence-corrected chi connectivity index (χ1v) is 25.0. The molecule has 0 aromatic heterocycles. The maximum atomic E-state index is 14.7. The molecule has 3 aromatic carbocycles. The number of guanidine groups is 1. The van der Waals surface area contributed by atoms with E-state index >= 15 is 0 Å². The van der Waals surface area contributed by atoms with Crippen molar-refractivity contribution in [3.63, 3.8) is 0 Å². The van der Waals surface area contributed by atoms with E-state index < -0.39 is 95.6 Å². The van der Waals surface area contributed by atoms with Crippen LogP contribution in [0, 0.1) is 0 Å². The molecule has 0 bridgehead atoms. The van der Waals surface area contributed by atoms with Crippen LogP contribution in [0.1, 0.15) is 81.4 Å². The molecule has 12 N–H and O–H groups in total. The number of nitrogens with one attached hydrogen (secondary N) is 6. The highest BCUT2D eigenvalue weighted by molar-refractivity contribution is 5.99. The fraction of sp³-hybridized carbons (Fsp3) is 0.481. The molecule has 386 valence electrons. The number of carbonyl (C=O) groups is 8. The second-order valence-corrected chi connectivity index (χ2v) is 18.7. The molecular weight excluding hydrogens is 921 g/mol. The van der Waals surface area contributed by atoms with Crippen LogP contribution in [0.3, 0.4) is 0 Å². The van der Waals surface area contributed by atoms with Crippen LogP contribution in [-0.4, -0.2) is 138 Å². The van der Waals surface area contributed by atoms with Gasteiger partial charge in [0, 0.05) is 38.9 Å². The van der Waals surface area contributed by atoms with Crippen molar-refractivity contribution >= 4 is 53.2 Å². The van der Waals surface area contributed by atoms with E-state index in [0.29, 0.717) is 49.8 Å². The van der Waals surface area contributed by atoms with Gasteiger partial charge in [0.25, 0.3) is 0 Å². The van der Waals surface area contributed by atoms with Gasteiger partial charge in [0.1, 0.15) is 48.3 Å². The molecule has 8 atom stereocenters. The summed E-state index contributed by atoms with van der Waals surface area (Å²) in [6.45, 7) is 2.36. The molecule has 8 amide bonds. The minimum Gasteiger partial charge on any atom is -0.370 e. The molecular formula is C52H70N12O8. The van der Waals surface area contributed by atoms with Gasteiger partial charge in [0.05, 0.1) is 0 Å². The number of nitrogens with two attached hydrogens (primary N) is 3. The molecule has 20 nitrogen and oxygen atoms in total. The van der Waals surface area contributed by atoms with E-state index in [-0.39, 0.29) is 70.5 Å². The topological polar surface area (TPSA) is 306 Å². The summed E-state index contributed by atoms with van der Waals surface area (Å²) in [6, 6.07) is 17.7. The van der Waals surface area contributed by atoms with Crippen LogP contribution in [0.2, 0.25) is 0 Å². The Morgan fingerprint density at radius 2 is 0.917 bits per heavy atom. The minimum absolute atomic E-state index is 0.00481. The molecule has 0 radical (unpaired) electrons. The molecule has 3 heterocycles. The maximum Gasteiger partial charge on any atom is 0.246 e. The van der Waals surface area contributed by atoms with Crippen molar-refractivity contribution in [2.24, 2.45) is 22.2 Å². The molecule has 3 saturated heterocycles. The largest absolute Gasteiger partial charge is 0.370 e. The number of nitrogens with zero attached hydrogens (tertiary/aromatic N) is 3. The van der Waals surface area contributed by atoms with Crippen LogP contribution in [0.15, 0.2) is 96.0 Å². The van der Waals surface area contributed by atoms with Crippen LogP contribution >= 0.6 is 0 Å². The molecule has 3 aliphatic rings. The monoisotopic (exact) mass is 991 g/mol. The number of aliphatic imine (C=N–C) groups is 1. The predicted octanol–water partition coefficient (Wildman–Crippen LogP) is -0.179. The summed E-state index contributed by atoms with van der Waals surface area (Å²) in [7, 11) is 0. The highest BCUT2D eigenvalue weighted by Crippen LogP contribution is 2.27. The van der Waals surface area contributed by atoms with Crippen LogP contribution in [-0.2, 0) is 57.6 Å². The number of fused-ring (bicyclic) bond motifs is 2.